The number of carbonyl (C=O) groups is 1. The molecule has 4 rings (SSSR count). The third kappa shape index (κ3) is 4.69. The van der Waals surface area contributed by atoms with Crippen molar-refractivity contribution in [1.29, 1.82) is 0 Å². The minimum Gasteiger partial charge on any atom is -0.496 e. The van der Waals surface area contributed by atoms with E-state index in [1.165, 1.54) is 32.6 Å². The van der Waals surface area contributed by atoms with Gasteiger partial charge in [-0.05, 0) is 24.6 Å². The molecule has 2 aromatic heterocycles. The topological polar surface area (TPSA) is 115 Å². The second-order valence-electron chi connectivity index (χ2n) is 8.09. The Hall–Kier alpha value is -3.92. The molecule has 1 amide bonds. The fourth-order valence-corrected chi connectivity index (χ4v) is 4.29. The number of anilines is 1. The zero-order valence-corrected chi connectivity index (χ0v) is 19.7. The molecule has 3 heterocycles. The van der Waals surface area contributed by atoms with Crippen LogP contribution in [0.5, 0.6) is 11.5 Å². The Morgan fingerprint density at radius 2 is 2.00 bits per heavy atom. The summed E-state index contributed by atoms with van der Waals surface area (Å²) in [7, 11) is 2.84. The van der Waals surface area contributed by atoms with Gasteiger partial charge in [0, 0.05) is 36.3 Å². The number of carbonyl (C=O) groups excluding carboxylic acids is 1. The van der Waals surface area contributed by atoms with E-state index in [1.807, 2.05) is 6.92 Å². The zero-order valence-electron chi connectivity index (χ0n) is 19.7. The van der Waals surface area contributed by atoms with Crippen LogP contribution in [0.2, 0.25) is 0 Å². The van der Waals surface area contributed by atoms with Crippen LogP contribution < -0.4 is 31.0 Å². The Morgan fingerprint density at radius 3 is 2.69 bits per heavy atom. The number of ether oxygens (including phenoxy) is 2. The third-order valence-corrected chi connectivity index (χ3v) is 6.04. The van der Waals surface area contributed by atoms with E-state index >= 15 is 4.39 Å². The Bertz CT molecular complexity index is 1340. The molecule has 1 aromatic carbocycles. The smallest absolute Gasteiger partial charge is 0.344 e. The summed E-state index contributed by atoms with van der Waals surface area (Å²) in [4.78, 5) is 29.0. The number of benzene rings is 1. The largest absolute Gasteiger partial charge is 0.496 e. The maximum Gasteiger partial charge on any atom is 0.344 e. The lowest BCUT2D eigenvalue weighted by molar-refractivity contribution is -0.117. The van der Waals surface area contributed by atoms with E-state index in [0.29, 0.717) is 42.0 Å². The van der Waals surface area contributed by atoms with Crippen molar-refractivity contribution in [2.24, 2.45) is 0 Å². The van der Waals surface area contributed by atoms with Crippen LogP contribution in [-0.4, -0.2) is 50.3 Å². The summed E-state index contributed by atoms with van der Waals surface area (Å²) in [6.45, 7) is 6.52. The first kappa shape index (κ1) is 24.2. The number of hydrogen-bond acceptors (Lipinski definition) is 8. The van der Waals surface area contributed by atoms with Gasteiger partial charge in [0.15, 0.2) is 11.6 Å². The van der Waals surface area contributed by atoms with E-state index in [-0.39, 0.29) is 40.5 Å². The van der Waals surface area contributed by atoms with Crippen LogP contribution in [0, 0.1) is 5.82 Å². The van der Waals surface area contributed by atoms with Crippen LogP contribution in [0.1, 0.15) is 12.5 Å². The van der Waals surface area contributed by atoms with Gasteiger partial charge in [0.05, 0.1) is 37.3 Å². The first-order valence-electron chi connectivity index (χ1n) is 11.2. The first-order valence-corrected chi connectivity index (χ1v) is 11.2. The molecule has 1 fully saturated rings. The van der Waals surface area contributed by atoms with Crippen molar-refractivity contribution >= 4 is 22.5 Å². The summed E-state index contributed by atoms with van der Waals surface area (Å²) >= 11 is 0. The normalized spacial score (nSPS) is 17.3. The van der Waals surface area contributed by atoms with Gasteiger partial charge < -0.3 is 29.8 Å². The second-order valence-corrected chi connectivity index (χ2v) is 8.09. The number of fused-ring (bicyclic) bond motifs is 1. The Labute approximate surface area is 201 Å². The van der Waals surface area contributed by atoms with E-state index < -0.39 is 11.4 Å². The van der Waals surface area contributed by atoms with Gasteiger partial charge in [-0.1, -0.05) is 13.5 Å². The molecule has 0 aliphatic carbocycles. The summed E-state index contributed by atoms with van der Waals surface area (Å²) < 4.78 is 31.4. The molecule has 0 bridgehead atoms. The van der Waals surface area contributed by atoms with Crippen molar-refractivity contribution in [2.75, 3.05) is 32.6 Å². The van der Waals surface area contributed by atoms with Crippen LogP contribution in [0.4, 0.5) is 10.2 Å². The molecule has 184 valence electrons. The van der Waals surface area contributed by atoms with Crippen molar-refractivity contribution in [2.45, 2.75) is 25.4 Å². The van der Waals surface area contributed by atoms with Crippen LogP contribution in [0.15, 0.2) is 46.3 Å². The van der Waals surface area contributed by atoms with Crippen LogP contribution >= 0.6 is 0 Å². The van der Waals surface area contributed by atoms with E-state index in [1.54, 1.807) is 12.1 Å². The average Bonchev–Trinajstić information content (AvgIpc) is 3.29. The zero-order chi connectivity index (χ0) is 25.1. The van der Waals surface area contributed by atoms with Gasteiger partial charge in [-0.15, -0.1) is 0 Å². The van der Waals surface area contributed by atoms with Crippen molar-refractivity contribution in [3.05, 3.63) is 58.9 Å². The highest BCUT2D eigenvalue weighted by Gasteiger charge is 2.28. The number of pyridine rings is 1. The summed E-state index contributed by atoms with van der Waals surface area (Å²) in [5.41, 5.74) is 0.0378. The third-order valence-electron chi connectivity index (χ3n) is 6.04. The van der Waals surface area contributed by atoms with Crippen molar-refractivity contribution in [3.63, 3.8) is 0 Å². The van der Waals surface area contributed by atoms with Crippen molar-refractivity contribution in [3.8, 4) is 22.8 Å². The predicted molar refractivity (Wildman–Crippen MR) is 131 cm³/mol. The number of nitrogens with one attached hydrogen (secondary N) is 3. The molecule has 1 aliphatic heterocycles. The Kier molecular flexibility index (Phi) is 7.02. The van der Waals surface area contributed by atoms with Gasteiger partial charge in [-0.3, -0.25) is 4.79 Å². The number of hydrogen-bond donors (Lipinski definition) is 3. The first-order chi connectivity index (χ1) is 16.9. The number of halogens is 1. The van der Waals surface area contributed by atoms with Gasteiger partial charge in [0.25, 0.3) is 0 Å². The summed E-state index contributed by atoms with van der Waals surface area (Å²) in [5.74, 6) is 0.0248. The minimum atomic E-state index is -0.639. The van der Waals surface area contributed by atoms with Gasteiger partial charge in [0.1, 0.15) is 17.3 Å². The molecule has 1 aliphatic rings. The standard InChI is InChI=1S/C25H27FN4O5/c1-5-14-18(33-3)9-20(34-4)24(26)23(14)19-7-13-10-28-21(8-15(13)25(32)35-19)29-16-11-27-12-17(16)30-22(31)6-2/h6-10,16-17,27H,2,5,11-12H2,1,3-4H3,(H,28,29)(H,30,31)/t16-,17+/m1/s1. The second kappa shape index (κ2) is 10.1. The molecule has 0 spiro atoms. The summed E-state index contributed by atoms with van der Waals surface area (Å²) in [6, 6.07) is 4.32. The van der Waals surface area contributed by atoms with E-state index in [9.17, 15) is 9.59 Å². The fourth-order valence-electron chi connectivity index (χ4n) is 4.29. The van der Waals surface area contributed by atoms with Crippen LogP contribution in [0.3, 0.4) is 0 Å². The SMILES string of the molecule is C=CC(=O)N[C@H]1CNC[C@H]1Nc1cc2c(=O)oc(-c3c(F)c(OC)cc(OC)c3CC)cc2cn1. The van der Waals surface area contributed by atoms with Crippen molar-refractivity contribution in [1.82, 2.24) is 15.6 Å². The molecular formula is C25H27FN4O5. The molecule has 2 atom stereocenters. The summed E-state index contributed by atoms with van der Waals surface area (Å²) in [6.07, 6.45) is 3.19. The highest BCUT2D eigenvalue weighted by atomic mass is 19.1. The highest BCUT2D eigenvalue weighted by molar-refractivity contribution is 5.87. The minimum absolute atomic E-state index is 0.0160. The van der Waals surface area contributed by atoms with Gasteiger partial charge in [0.2, 0.25) is 5.91 Å². The lowest BCUT2D eigenvalue weighted by Gasteiger charge is -2.21. The molecule has 1 saturated heterocycles. The molecule has 9 nitrogen and oxygen atoms in total. The van der Waals surface area contributed by atoms with E-state index in [0.717, 1.165) is 0 Å². The maximum atomic E-state index is 15.3. The maximum absolute atomic E-state index is 15.3. The van der Waals surface area contributed by atoms with Crippen molar-refractivity contribution < 1.29 is 23.1 Å². The van der Waals surface area contributed by atoms with E-state index in [2.05, 4.69) is 27.5 Å². The van der Waals surface area contributed by atoms with Crippen LogP contribution in [-0.2, 0) is 11.2 Å². The Morgan fingerprint density at radius 1 is 1.26 bits per heavy atom. The summed E-state index contributed by atoms with van der Waals surface area (Å²) in [5, 5.41) is 10.1. The monoisotopic (exact) mass is 482 g/mol. The molecule has 3 aromatic rings. The molecule has 3 N–H and O–H groups in total. The predicted octanol–water partition coefficient (Wildman–Crippen LogP) is 2.63. The Balaban J connectivity index is 1.72. The van der Waals surface area contributed by atoms with Gasteiger partial charge in [-0.25, -0.2) is 14.2 Å². The quantitative estimate of drug-likeness (QED) is 0.420. The number of amides is 1. The molecular weight excluding hydrogens is 455 g/mol. The lowest BCUT2D eigenvalue weighted by atomic mass is 9.99. The average molecular weight is 483 g/mol. The fraction of sp³-hybridized carbons (Fsp3) is 0.320. The number of methoxy groups -OCH3 is 2. The van der Waals surface area contributed by atoms with Crippen LogP contribution in [0.25, 0.3) is 22.1 Å². The number of nitrogens with zero attached hydrogens (tertiary/aromatic N) is 1. The van der Waals surface area contributed by atoms with Gasteiger partial charge >= 0.3 is 5.63 Å². The van der Waals surface area contributed by atoms with Gasteiger partial charge in [-0.2, -0.15) is 0 Å². The molecule has 0 saturated carbocycles. The lowest BCUT2D eigenvalue weighted by Crippen LogP contribution is -2.45. The molecule has 35 heavy (non-hydrogen) atoms. The van der Waals surface area contributed by atoms with E-state index in [4.69, 9.17) is 13.9 Å². The molecule has 0 unspecified atom stereocenters. The molecule has 10 heteroatoms. The highest BCUT2D eigenvalue weighted by Crippen LogP contribution is 2.39. The number of rotatable bonds is 8. The number of aromatic nitrogens is 1. The molecule has 0 radical (unpaired) electrons.